The zero-order valence-corrected chi connectivity index (χ0v) is 90.9. The molecule has 0 unspecified atom stereocenters. The molecule has 27 heteroatoms. The van der Waals surface area contributed by atoms with Gasteiger partial charge < -0.3 is 26.5 Å². The van der Waals surface area contributed by atoms with Crippen LogP contribution in [-0.2, 0) is 22.2 Å². The maximum Gasteiger partial charge on any atom is 0.494 e. The van der Waals surface area contributed by atoms with Crippen molar-refractivity contribution >= 4 is 193 Å². The Morgan fingerprint density at radius 1 is 0.358 bits per heavy atom. The van der Waals surface area contributed by atoms with Gasteiger partial charge in [0.2, 0.25) is 0 Å². The molecular weight excluding hydrogens is 2260 g/mol. The smallest absolute Gasteiger partial charge is 0.399 e. The standard InChI is InChI=1S/C25H25BN2O2.C25H19N3.C19H13BrN2.C13H10BrNO2.C13H12BrN.C7H4BrClO.C7H6O.C6H3Br2NO2.C6H7N/c1-24(2)25(3,4)30-26(29-24)19-15-16-22-21(17-19)27-23(18-11-7-5-8-12-18)28(22)20-13-9-6-10-14-20;26-22-14-8-7-13-21(22)19-15-16-24-23(17-19)27-25(18-9-3-1-4-10-18)28(24)20-11-5-2-6-12-20;20-15-11-12-18-17(13-15)21-19(14-7-3-1-4-8-14)22(18)16-9-5-2-6-10-16;14-12-7-6-11(13(9-12)15(16)17)8-10-4-2-1-3-5-10;14-12-7-6-11(13(15)9-12)8-10-4-2-1-3-5-10;8-6-3-1-5(2-4-6)7(9)10;8-6-7-4-2-1-3-5-7;7-4-1-2-5(8)6(3-4)9(10)11;7-6-4-2-1-3-5-6/h5-17H,1-4H3;1-17H,26H2;1-13H;1-7,9H,8H2;1-7,9H,8,15H2;1-4H;1-6H;1-3H;1-5H,7H2. The number of anilines is 3. The molecule has 0 atom stereocenters. The zero-order valence-electron chi connectivity index (χ0n) is 80.7. The number of benzene rings is 18. The number of aromatic nitrogens is 6. The Morgan fingerprint density at radius 3 is 1.11 bits per heavy atom. The van der Waals surface area contributed by atoms with Crippen LogP contribution in [0.15, 0.2) is 488 Å². The third-order valence-corrected chi connectivity index (χ3v) is 27.0. The molecule has 21 aromatic rings. The number of para-hydroxylation sites is 5. The molecule has 0 aliphatic carbocycles. The number of carbonyl (C=O) groups is 2. The van der Waals surface area contributed by atoms with Gasteiger partial charge in [-0.25, -0.2) is 15.0 Å². The Hall–Kier alpha value is -14.9. The number of nitrogens with two attached hydrogens (primary N) is 3. The first kappa shape index (κ1) is 109. The number of imidazole rings is 3. The molecule has 0 radical (unpaired) electrons. The van der Waals surface area contributed by atoms with Crippen LogP contribution in [0.1, 0.15) is 70.7 Å². The molecule has 148 heavy (non-hydrogen) atoms. The molecular formula is C121H99BBr6ClN11O8. The van der Waals surface area contributed by atoms with Gasteiger partial charge in [-0.3, -0.25) is 43.5 Å². The van der Waals surface area contributed by atoms with Crippen molar-refractivity contribution in [3.8, 4) is 62.4 Å². The molecule has 3 aromatic heterocycles. The first-order chi connectivity index (χ1) is 71.5. The van der Waals surface area contributed by atoms with E-state index in [9.17, 15) is 29.8 Å². The Morgan fingerprint density at radius 2 is 0.703 bits per heavy atom. The molecule has 1 fully saturated rings. The lowest BCUT2D eigenvalue weighted by Gasteiger charge is -2.32. The molecule has 0 amide bonds. The largest absolute Gasteiger partial charge is 0.494 e. The highest BCUT2D eigenvalue weighted by molar-refractivity contribution is 9.11. The van der Waals surface area contributed by atoms with Gasteiger partial charge in [-0.1, -0.05) is 377 Å². The van der Waals surface area contributed by atoms with Crippen LogP contribution < -0.4 is 22.7 Å². The van der Waals surface area contributed by atoms with Crippen LogP contribution in [0.25, 0.3) is 95.5 Å². The third-order valence-electron chi connectivity index (χ3n) is 23.6. The van der Waals surface area contributed by atoms with E-state index < -0.39 is 17.3 Å². The summed E-state index contributed by atoms with van der Waals surface area (Å²) in [7, 11) is -0.401. The average Bonchev–Trinajstić information content (AvgIpc) is 1.61. The van der Waals surface area contributed by atoms with Crippen molar-refractivity contribution in [1.29, 1.82) is 0 Å². The summed E-state index contributed by atoms with van der Waals surface area (Å²) in [6, 6.07) is 150. The van der Waals surface area contributed by atoms with Crippen molar-refractivity contribution in [3.63, 3.8) is 0 Å². The number of nitrogens with zero attached hydrogens (tertiary/aromatic N) is 8. The van der Waals surface area contributed by atoms with E-state index in [-0.39, 0.29) is 27.5 Å². The number of fused-ring (bicyclic) bond motifs is 3. The highest BCUT2D eigenvalue weighted by Gasteiger charge is 2.52. The molecule has 19 nitrogen and oxygen atoms in total. The third kappa shape index (κ3) is 29.7. The van der Waals surface area contributed by atoms with Gasteiger partial charge in [-0.2, -0.15) is 0 Å². The second kappa shape index (κ2) is 52.9. The van der Waals surface area contributed by atoms with Gasteiger partial charge in [-0.05, 0) is 241 Å². The fourth-order valence-corrected chi connectivity index (χ4v) is 17.8. The van der Waals surface area contributed by atoms with Crippen LogP contribution in [-0.4, -0.2) is 68.3 Å². The van der Waals surface area contributed by atoms with E-state index in [1.54, 1.807) is 54.6 Å². The second-order valence-electron chi connectivity index (χ2n) is 34.4. The van der Waals surface area contributed by atoms with Crippen molar-refractivity contribution in [3.05, 3.63) is 541 Å². The fourth-order valence-electron chi connectivity index (χ4n) is 15.5. The molecule has 22 rings (SSSR count). The predicted molar refractivity (Wildman–Crippen MR) is 626 cm³/mol. The molecule has 4 heterocycles. The summed E-state index contributed by atoms with van der Waals surface area (Å²) in [5.41, 5.74) is 40.6. The summed E-state index contributed by atoms with van der Waals surface area (Å²) in [4.78, 5) is 55.9. The quantitative estimate of drug-likeness (QED) is 0.0203. The number of nitrogen functional groups attached to an aromatic ring is 3. The maximum atomic E-state index is 10.9. The number of rotatable bonds is 16. The summed E-state index contributed by atoms with van der Waals surface area (Å²) >= 11 is 24.8. The second-order valence-corrected chi connectivity index (χ2v) is 40.2. The minimum absolute atomic E-state index is 0.0689. The molecule has 6 N–H and O–H groups in total. The number of halogens is 7. The van der Waals surface area contributed by atoms with E-state index >= 15 is 0 Å². The topological polar surface area (TPSA) is 270 Å². The van der Waals surface area contributed by atoms with Gasteiger partial charge in [0.25, 0.3) is 16.6 Å². The summed E-state index contributed by atoms with van der Waals surface area (Å²) < 4.78 is 24.0. The number of nitro benzene ring substituents is 2. The molecule has 1 aliphatic heterocycles. The summed E-state index contributed by atoms with van der Waals surface area (Å²) in [5, 5.41) is 20.9. The van der Waals surface area contributed by atoms with E-state index in [0.29, 0.717) is 20.9 Å². The maximum absolute atomic E-state index is 10.9. The van der Waals surface area contributed by atoms with Crippen molar-refractivity contribution in [2.45, 2.75) is 51.7 Å². The number of aldehydes is 1. The van der Waals surface area contributed by atoms with Gasteiger partial charge >= 0.3 is 7.12 Å². The minimum Gasteiger partial charge on any atom is -0.399 e. The number of carbonyl (C=O) groups excluding carboxylic acids is 2. The van der Waals surface area contributed by atoms with Crippen LogP contribution in [0, 0.1) is 20.2 Å². The summed E-state index contributed by atoms with van der Waals surface area (Å²) in [6.07, 6.45) is 2.30. The SMILES string of the molecule is Brc1ccc2c(c1)nc(-c1ccccc1)n2-c1ccccc1.CC1(C)OB(c2ccc3c(c2)nc(-c2ccccc2)n3-c2ccccc2)OC1(C)C.Nc1cc(Br)ccc1Cc1ccccc1.Nc1ccccc1.Nc1ccccc1-c1ccc2c(c1)nc(-c1ccccc1)n2-c1ccccc1.O=C(Cl)c1ccc(Br)cc1.O=Cc1ccccc1.O=[N+]([O-])c1cc(Br)ccc1Br.O=[N+]([O-])c1cc(Br)ccc1Cc1ccccc1. The van der Waals surface area contributed by atoms with Gasteiger partial charge in [0.1, 0.15) is 23.8 Å². The van der Waals surface area contributed by atoms with Crippen LogP contribution in [0.2, 0.25) is 0 Å². The van der Waals surface area contributed by atoms with Gasteiger partial charge in [-0.15, -0.1) is 0 Å². The monoisotopic (exact) mass is 2350 g/mol. The van der Waals surface area contributed by atoms with Gasteiger partial charge in [0.15, 0.2) is 0 Å². The Labute approximate surface area is 914 Å². The molecule has 0 bridgehead atoms. The Bertz CT molecular complexity index is 7990. The number of hydrogen-bond donors (Lipinski definition) is 3. The van der Waals surface area contributed by atoms with E-state index in [2.05, 4.69) is 319 Å². The summed E-state index contributed by atoms with van der Waals surface area (Å²) in [5.74, 6) is 2.81. The van der Waals surface area contributed by atoms with E-state index in [1.165, 1.54) is 23.3 Å². The Kier molecular flexibility index (Phi) is 38.9. The molecule has 1 aliphatic rings. The van der Waals surface area contributed by atoms with Crippen molar-refractivity contribution in [1.82, 2.24) is 28.7 Å². The minimum atomic E-state index is -0.436. The molecule has 18 aromatic carbocycles. The predicted octanol–water partition coefficient (Wildman–Crippen LogP) is 32.7. The lowest BCUT2D eigenvalue weighted by Crippen LogP contribution is -2.41. The van der Waals surface area contributed by atoms with Crippen LogP contribution >= 0.6 is 107 Å². The van der Waals surface area contributed by atoms with E-state index in [1.807, 2.05) is 212 Å². The lowest BCUT2D eigenvalue weighted by molar-refractivity contribution is -0.385. The van der Waals surface area contributed by atoms with Crippen molar-refractivity contribution in [2.75, 3.05) is 17.2 Å². The first-order valence-electron chi connectivity index (χ1n) is 46.7. The molecule has 0 saturated carbocycles. The number of hydrogen-bond acceptors (Lipinski definition) is 14. The van der Waals surface area contributed by atoms with Crippen molar-refractivity contribution < 1.29 is 28.7 Å². The number of nitro groups is 2. The lowest BCUT2D eigenvalue weighted by atomic mass is 9.79. The molecule has 1 saturated heterocycles. The van der Waals surface area contributed by atoms with Crippen LogP contribution in [0.4, 0.5) is 28.4 Å². The zero-order chi connectivity index (χ0) is 105. The van der Waals surface area contributed by atoms with E-state index in [0.717, 1.165) is 165 Å². The van der Waals surface area contributed by atoms with Gasteiger partial charge in [0.05, 0.1) is 58.6 Å². The van der Waals surface area contributed by atoms with Crippen LogP contribution in [0.3, 0.4) is 0 Å². The van der Waals surface area contributed by atoms with Gasteiger partial charge in [0, 0.05) is 114 Å². The molecule has 738 valence electrons. The fraction of sp³-hybridized carbons (Fsp3) is 0.0661. The van der Waals surface area contributed by atoms with E-state index in [4.69, 9.17) is 53.1 Å². The normalized spacial score (nSPS) is 11.7. The Balaban J connectivity index is 0.000000136. The highest BCUT2D eigenvalue weighted by atomic mass is 79.9. The summed E-state index contributed by atoms with van der Waals surface area (Å²) in [6.45, 7) is 8.29. The highest BCUT2D eigenvalue weighted by Crippen LogP contribution is 2.40. The molecule has 0 spiro atoms. The average molecular weight is 2360 g/mol. The van der Waals surface area contributed by atoms with Crippen molar-refractivity contribution in [2.24, 2.45) is 0 Å². The van der Waals surface area contributed by atoms with Crippen LogP contribution in [0.5, 0.6) is 0 Å². The first-order valence-corrected chi connectivity index (χ1v) is 51.9.